The molecule has 0 saturated carbocycles. The molecule has 1 aromatic heterocycles. The molecule has 0 bridgehead atoms. The Morgan fingerprint density at radius 1 is 1.06 bits per heavy atom. The van der Waals surface area contributed by atoms with Crippen molar-refractivity contribution < 1.29 is 24.1 Å². The first kappa shape index (κ1) is 26.0. The Hall–Kier alpha value is -3.07. The van der Waals surface area contributed by atoms with Crippen LogP contribution in [0.3, 0.4) is 0 Å². The van der Waals surface area contributed by atoms with E-state index in [2.05, 4.69) is 10.00 Å². The van der Waals surface area contributed by atoms with Crippen LogP contribution in [0.25, 0.3) is 0 Å². The Kier molecular flexibility index (Phi) is 8.85. The monoisotopic (exact) mass is 495 g/mol. The molecule has 2 heterocycles. The second-order valence-electron chi connectivity index (χ2n) is 9.56. The highest BCUT2D eigenvalue weighted by atomic mass is 16.5. The molecule has 0 amide bonds. The maximum Gasteiger partial charge on any atom is 0.161 e. The fourth-order valence-electron chi connectivity index (χ4n) is 4.26. The van der Waals surface area contributed by atoms with E-state index in [0.717, 1.165) is 42.1 Å². The zero-order valence-electron chi connectivity index (χ0n) is 21.5. The van der Waals surface area contributed by atoms with Crippen LogP contribution in [0.4, 0.5) is 0 Å². The van der Waals surface area contributed by atoms with E-state index in [9.17, 15) is 5.11 Å². The van der Waals surface area contributed by atoms with E-state index < -0.39 is 5.60 Å². The fourth-order valence-corrected chi connectivity index (χ4v) is 4.26. The third-order valence-corrected chi connectivity index (χ3v) is 6.15. The van der Waals surface area contributed by atoms with Crippen LogP contribution in [0.1, 0.15) is 23.1 Å². The Morgan fingerprint density at radius 3 is 2.64 bits per heavy atom. The molecule has 2 aromatic carbocycles. The van der Waals surface area contributed by atoms with Crippen LogP contribution in [0.15, 0.2) is 54.9 Å². The second kappa shape index (κ2) is 12.3. The van der Waals surface area contributed by atoms with Gasteiger partial charge in [-0.2, -0.15) is 5.10 Å². The Bertz CT molecular complexity index is 1100. The summed E-state index contributed by atoms with van der Waals surface area (Å²) in [5.74, 6) is 2.16. The first-order valence-corrected chi connectivity index (χ1v) is 12.4. The highest BCUT2D eigenvalue weighted by Crippen LogP contribution is 2.29. The molecular formula is C28H37N3O5. The quantitative estimate of drug-likeness (QED) is 0.407. The van der Waals surface area contributed by atoms with Gasteiger partial charge in [-0.1, -0.05) is 23.8 Å². The molecule has 1 N–H and O–H groups in total. The van der Waals surface area contributed by atoms with E-state index in [1.54, 1.807) is 7.11 Å². The van der Waals surface area contributed by atoms with Crippen LogP contribution in [-0.2, 0) is 17.8 Å². The number of nitrogens with zero attached hydrogens (tertiary/aromatic N) is 3. The second-order valence-corrected chi connectivity index (χ2v) is 9.56. The smallest absolute Gasteiger partial charge is 0.161 e. The topological polar surface area (TPSA) is 78.2 Å². The number of ether oxygens (including phenoxy) is 4. The Labute approximate surface area is 213 Å². The fraction of sp³-hybridized carbons (Fsp3) is 0.464. The largest absolute Gasteiger partial charge is 0.493 e. The van der Waals surface area contributed by atoms with E-state index in [1.165, 1.54) is 5.56 Å². The number of hydrogen-bond acceptors (Lipinski definition) is 7. The van der Waals surface area contributed by atoms with Crippen molar-refractivity contribution in [1.82, 2.24) is 14.7 Å². The lowest BCUT2D eigenvalue weighted by atomic mass is 10.1. The summed E-state index contributed by atoms with van der Waals surface area (Å²) in [7, 11) is 1.65. The summed E-state index contributed by atoms with van der Waals surface area (Å²) >= 11 is 0. The molecule has 1 atom stereocenters. The minimum atomic E-state index is -1.10. The van der Waals surface area contributed by atoms with Gasteiger partial charge >= 0.3 is 0 Å². The lowest BCUT2D eigenvalue weighted by molar-refractivity contribution is -0.0646. The standard InChI is InChI=1S/C28H37N3O5/c1-22-5-8-25(9-6-22)36-21-28(32)19-30(12-14-34-20-28)18-24-7-10-26(33-3)27(15-24)35-13-4-11-31-17-23(2)16-29-31/h5-10,15-17,32H,4,11-14,18-21H2,1-3H3. The predicted molar refractivity (Wildman–Crippen MR) is 138 cm³/mol. The molecule has 1 aliphatic heterocycles. The summed E-state index contributed by atoms with van der Waals surface area (Å²) in [4.78, 5) is 2.19. The minimum Gasteiger partial charge on any atom is -0.493 e. The third kappa shape index (κ3) is 7.46. The molecule has 0 aliphatic carbocycles. The number of benzene rings is 2. The van der Waals surface area contributed by atoms with Gasteiger partial charge in [0.25, 0.3) is 0 Å². The van der Waals surface area contributed by atoms with Crippen molar-refractivity contribution in [3.05, 3.63) is 71.5 Å². The van der Waals surface area contributed by atoms with Crippen molar-refractivity contribution in [2.24, 2.45) is 0 Å². The number of methoxy groups -OCH3 is 1. The molecule has 0 spiro atoms. The van der Waals surface area contributed by atoms with E-state index in [-0.39, 0.29) is 13.2 Å². The van der Waals surface area contributed by atoms with Crippen LogP contribution in [-0.4, -0.2) is 72.0 Å². The summed E-state index contributed by atoms with van der Waals surface area (Å²) in [5, 5.41) is 15.6. The summed E-state index contributed by atoms with van der Waals surface area (Å²) < 4.78 is 25.1. The van der Waals surface area contributed by atoms with Crippen LogP contribution in [0.2, 0.25) is 0 Å². The van der Waals surface area contributed by atoms with Gasteiger partial charge in [0.05, 0.1) is 33.1 Å². The maximum atomic E-state index is 11.2. The maximum absolute atomic E-state index is 11.2. The first-order valence-electron chi connectivity index (χ1n) is 12.4. The van der Waals surface area contributed by atoms with Crippen molar-refractivity contribution in [2.75, 3.05) is 46.6 Å². The number of aryl methyl sites for hydroxylation is 3. The Morgan fingerprint density at radius 2 is 1.89 bits per heavy atom. The molecule has 1 unspecified atom stereocenters. The van der Waals surface area contributed by atoms with E-state index in [4.69, 9.17) is 18.9 Å². The molecule has 8 heteroatoms. The van der Waals surface area contributed by atoms with E-state index in [0.29, 0.717) is 32.1 Å². The molecule has 1 aliphatic rings. The van der Waals surface area contributed by atoms with Gasteiger partial charge in [0.2, 0.25) is 0 Å². The van der Waals surface area contributed by atoms with E-state index in [1.807, 2.05) is 73.4 Å². The summed E-state index contributed by atoms with van der Waals surface area (Å²) in [6, 6.07) is 13.8. The minimum absolute atomic E-state index is 0.166. The zero-order chi connectivity index (χ0) is 25.4. The molecule has 0 radical (unpaired) electrons. The highest BCUT2D eigenvalue weighted by Gasteiger charge is 2.33. The first-order chi connectivity index (χ1) is 17.4. The van der Waals surface area contributed by atoms with Crippen LogP contribution < -0.4 is 14.2 Å². The lowest BCUT2D eigenvalue weighted by Crippen LogP contribution is -2.48. The average molecular weight is 496 g/mol. The van der Waals surface area contributed by atoms with Gasteiger partial charge in [-0.15, -0.1) is 0 Å². The predicted octanol–water partition coefficient (Wildman–Crippen LogP) is 3.62. The van der Waals surface area contributed by atoms with Gasteiger partial charge in [-0.05, 0) is 49.2 Å². The van der Waals surface area contributed by atoms with Crippen LogP contribution in [0, 0.1) is 13.8 Å². The van der Waals surface area contributed by atoms with Crippen LogP contribution in [0.5, 0.6) is 17.2 Å². The zero-order valence-corrected chi connectivity index (χ0v) is 21.5. The lowest BCUT2D eigenvalue weighted by Gasteiger charge is -2.30. The number of hydrogen-bond donors (Lipinski definition) is 1. The Balaban J connectivity index is 1.34. The molecule has 194 valence electrons. The average Bonchev–Trinajstić information content (AvgIpc) is 3.19. The van der Waals surface area contributed by atoms with Gasteiger partial charge in [0.15, 0.2) is 11.5 Å². The van der Waals surface area contributed by atoms with Crippen molar-refractivity contribution in [3.8, 4) is 17.2 Å². The SMILES string of the molecule is COc1ccc(CN2CCOCC(O)(COc3ccc(C)cc3)C2)cc1OCCCn1cc(C)cn1. The normalized spacial score (nSPS) is 18.6. The van der Waals surface area contributed by atoms with Crippen molar-refractivity contribution in [2.45, 2.75) is 39.0 Å². The highest BCUT2D eigenvalue weighted by molar-refractivity contribution is 5.43. The third-order valence-electron chi connectivity index (χ3n) is 6.15. The molecule has 4 rings (SSSR count). The van der Waals surface area contributed by atoms with Gasteiger partial charge in [-0.25, -0.2) is 0 Å². The number of aliphatic hydroxyl groups is 1. The van der Waals surface area contributed by atoms with Crippen molar-refractivity contribution >= 4 is 0 Å². The molecule has 3 aromatic rings. The molecule has 36 heavy (non-hydrogen) atoms. The number of β-amino-alcohol motifs (C(OH)–C–C–N with tert-alkyl or cyclic N) is 1. The van der Waals surface area contributed by atoms with Gasteiger partial charge < -0.3 is 24.1 Å². The summed E-state index contributed by atoms with van der Waals surface area (Å²) in [6.45, 7) is 8.21. The molecule has 1 fully saturated rings. The summed E-state index contributed by atoms with van der Waals surface area (Å²) in [6.07, 6.45) is 4.72. The summed E-state index contributed by atoms with van der Waals surface area (Å²) in [5.41, 5.74) is 2.30. The molecule has 8 nitrogen and oxygen atoms in total. The van der Waals surface area contributed by atoms with Gasteiger partial charge in [0.1, 0.15) is 18.0 Å². The number of rotatable bonds is 11. The van der Waals surface area contributed by atoms with Crippen molar-refractivity contribution in [1.29, 1.82) is 0 Å². The van der Waals surface area contributed by atoms with Crippen LogP contribution >= 0.6 is 0 Å². The van der Waals surface area contributed by atoms with Crippen molar-refractivity contribution in [3.63, 3.8) is 0 Å². The molecule has 1 saturated heterocycles. The van der Waals surface area contributed by atoms with Gasteiger partial charge in [-0.3, -0.25) is 9.58 Å². The van der Waals surface area contributed by atoms with E-state index >= 15 is 0 Å². The van der Waals surface area contributed by atoms with Gasteiger partial charge in [0, 0.05) is 38.8 Å². The number of aromatic nitrogens is 2. The molecular weight excluding hydrogens is 458 g/mol.